The zero-order valence-corrected chi connectivity index (χ0v) is 18.7. The number of aromatic amines is 1. The van der Waals surface area contributed by atoms with Crippen LogP contribution in [0.5, 0.6) is 11.5 Å². The second-order valence-corrected chi connectivity index (χ2v) is 8.15. The number of aliphatic carboxylic acids is 1. The molecule has 1 aromatic heterocycles. The number of nitro groups is 1. The van der Waals surface area contributed by atoms with E-state index in [-0.39, 0.29) is 31.5 Å². The number of phenolic OH excluding ortho intramolecular Hbond substituents is 1. The van der Waals surface area contributed by atoms with Crippen molar-refractivity contribution in [3.63, 3.8) is 0 Å². The van der Waals surface area contributed by atoms with E-state index in [2.05, 4.69) is 31.1 Å². The summed E-state index contributed by atoms with van der Waals surface area (Å²) < 4.78 is 5.32. The molecule has 160 valence electrons. The molecule has 3 N–H and O–H groups in total. The molecule has 0 fully saturated rings. The number of thioether (sulfide) groups is 1. The van der Waals surface area contributed by atoms with Gasteiger partial charge in [0.05, 0.1) is 22.1 Å². The summed E-state index contributed by atoms with van der Waals surface area (Å²) in [5.41, 5.74) is 0.146. The van der Waals surface area contributed by atoms with Gasteiger partial charge in [0.25, 0.3) is 5.69 Å². The van der Waals surface area contributed by atoms with Crippen LogP contribution in [-0.4, -0.2) is 43.4 Å². The van der Waals surface area contributed by atoms with Gasteiger partial charge < -0.3 is 14.9 Å². The Morgan fingerprint density at radius 1 is 1.39 bits per heavy atom. The van der Waals surface area contributed by atoms with E-state index in [9.17, 15) is 25.1 Å². The SMILES string of the molecule is COc1ccc(Cl)cc1-c1nc(S/C(=C\c2cc([N+](=O)[O-])cc(Br)c2O)C(=O)O)n[nH]1. The van der Waals surface area contributed by atoms with Gasteiger partial charge in [0, 0.05) is 22.7 Å². The van der Waals surface area contributed by atoms with Gasteiger partial charge in [-0.25, -0.2) is 9.78 Å². The number of phenols is 1. The molecule has 3 rings (SSSR count). The van der Waals surface area contributed by atoms with E-state index in [4.69, 9.17) is 16.3 Å². The van der Waals surface area contributed by atoms with Crippen molar-refractivity contribution in [1.29, 1.82) is 0 Å². The van der Waals surface area contributed by atoms with Crippen LogP contribution in [0.4, 0.5) is 5.69 Å². The lowest BCUT2D eigenvalue weighted by Gasteiger charge is -2.05. The van der Waals surface area contributed by atoms with Gasteiger partial charge in [-0.05, 0) is 52.0 Å². The summed E-state index contributed by atoms with van der Waals surface area (Å²) in [7, 11) is 1.48. The number of carboxylic acids is 1. The molecule has 0 bridgehead atoms. The Bertz CT molecular complexity index is 1220. The molecule has 0 aliphatic carbocycles. The molecule has 10 nitrogen and oxygen atoms in total. The number of H-pyrrole nitrogens is 1. The number of rotatable bonds is 7. The fraction of sp³-hybridized carbons (Fsp3) is 0.0556. The number of non-ortho nitro benzene ring substituents is 1. The first-order valence-electron chi connectivity index (χ1n) is 8.25. The number of halogens is 2. The standard InChI is InChI=1S/C18H12BrClN4O6S/c1-30-13-3-2-9(20)6-11(13)16-21-18(23-22-16)31-14(17(26)27)5-8-4-10(24(28)29)7-12(19)15(8)25/h2-7,25H,1H3,(H,26,27)(H,21,22,23)/b14-5-. The molecule has 3 aromatic rings. The Hall–Kier alpha value is -3.09. The van der Waals surface area contributed by atoms with E-state index in [0.717, 1.165) is 18.2 Å². The third-order valence-corrected chi connectivity index (χ3v) is 5.59. The number of aromatic hydroxyl groups is 1. The van der Waals surface area contributed by atoms with Crippen LogP contribution < -0.4 is 4.74 Å². The number of aromatic nitrogens is 3. The molecule has 0 saturated heterocycles. The highest BCUT2D eigenvalue weighted by molar-refractivity contribution is 9.10. The zero-order valence-electron chi connectivity index (χ0n) is 15.5. The monoisotopic (exact) mass is 526 g/mol. The number of ether oxygens (including phenoxy) is 1. The number of hydrogen-bond donors (Lipinski definition) is 3. The van der Waals surface area contributed by atoms with Gasteiger partial charge >= 0.3 is 5.97 Å². The molecule has 31 heavy (non-hydrogen) atoms. The molecule has 2 aromatic carbocycles. The highest BCUT2D eigenvalue weighted by Gasteiger charge is 2.19. The lowest BCUT2D eigenvalue weighted by atomic mass is 10.1. The molecular weight excluding hydrogens is 516 g/mol. The number of benzene rings is 2. The van der Waals surface area contributed by atoms with Crippen molar-refractivity contribution in [3.05, 3.63) is 60.4 Å². The van der Waals surface area contributed by atoms with E-state index < -0.39 is 10.9 Å². The minimum absolute atomic E-state index is 0.0518. The van der Waals surface area contributed by atoms with E-state index in [1.54, 1.807) is 18.2 Å². The average molecular weight is 528 g/mol. The van der Waals surface area contributed by atoms with Crippen LogP contribution in [-0.2, 0) is 4.79 Å². The summed E-state index contributed by atoms with van der Waals surface area (Å²) in [4.78, 5) is 26.1. The minimum Gasteiger partial charge on any atom is -0.506 e. The summed E-state index contributed by atoms with van der Waals surface area (Å²) in [5.74, 6) is -0.895. The van der Waals surface area contributed by atoms with E-state index in [0.29, 0.717) is 33.9 Å². The fourth-order valence-corrected chi connectivity index (χ4v) is 3.81. The summed E-state index contributed by atoms with van der Waals surface area (Å²) in [5, 5.41) is 38.0. The maximum absolute atomic E-state index is 11.7. The largest absolute Gasteiger partial charge is 0.506 e. The predicted octanol–water partition coefficient (Wildman–Crippen LogP) is 4.73. The first-order valence-corrected chi connectivity index (χ1v) is 10.2. The first kappa shape index (κ1) is 22.6. The van der Waals surface area contributed by atoms with Gasteiger partial charge in [0.1, 0.15) is 16.4 Å². The maximum atomic E-state index is 11.7. The van der Waals surface area contributed by atoms with Crippen LogP contribution in [0.1, 0.15) is 5.56 Å². The maximum Gasteiger partial charge on any atom is 0.342 e. The number of nitro benzene ring substituents is 1. The van der Waals surface area contributed by atoms with Crippen molar-refractivity contribution in [2.75, 3.05) is 7.11 Å². The van der Waals surface area contributed by atoms with Crippen LogP contribution in [0.25, 0.3) is 17.5 Å². The lowest BCUT2D eigenvalue weighted by molar-refractivity contribution is -0.385. The zero-order chi connectivity index (χ0) is 22.7. The van der Waals surface area contributed by atoms with Crippen LogP contribution in [0.3, 0.4) is 0 Å². The van der Waals surface area contributed by atoms with Crippen LogP contribution >= 0.6 is 39.3 Å². The van der Waals surface area contributed by atoms with Gasteiger partial charge in [-0.1, -0.05) is 11.6 Å². The number of methoxy groups -OCH3 is 1. The van der Waals surface area contributed by atoms with Crippen molar-refractivity contribution in [3.8, 4) is 22.9 Å². The normalized spacial score (nSPS) is 11.4. The first-order chi connectivity index (χ1) is 14.7. The third kappa shape index (κ3) is 5.16. The predicted molar refractivity (Wildman–Crippen MR) is 117 cm³/mol. The Morgan fingerprint density at radius 3 is 2.77 bits per heavy atom. The summed E-state index contributed by atoms with van der Waals surface area (Å²) >= 11 is 9.73. The average Bonchev–Trinajstić information content (AvgIpc) is 3.18. The van der Waals surface area contributed by atoms with Crippen molar-refractivity contribution in [2.24, 2.45) is 0 Å². The molecule has 0 radical (unpaired) electrons. The molecule has 0 atom stereocenters. The van der Waals surface area contributed by atoms with Gasteiger partial charge in [-0.2, -0.15) is 0 Å². The van der Waals surface area contributed by atoms with Crippen LogP contribution in [0.15, 0.2) is 44.9 Å². The molecule has 0 saturated carbocycles. The quantitative estimate of drug-likeness (QED) is 0.171. The summed E-state index contributed by atoms with van der Waals surface area (Å²) in [6.07, 6.45) is 1.09. The molecular formula is C18H12BrClN4O6S. The van der Waals surface area contributed by atoms with Gasteiger partial charge in [0.15, 0.2) is 5.82 Å². The molecule has 13 heteroatoms. The Kier molecular flexibility index (Phi) is 6.83. The highest BCUT2D eigenvalue weighted by atomic mass is 79.9. The van der Waals surface area contributed by atoms with Crippen molar-refractivity contribution in [1.82, 2.24) is 15.2 Å². The second kappa shape index (κ2) is 9.37. The Morgan fingerprint density at radius 2 is 2.13 bits per heavy atom. The van der Waals surface area contributed by atoms with E-state index in [1.807, 2.05) is 0 Å². The van der Waals surface area contributed by atoms with E-state index >= 15 is 0 Å². The van der Waals surface area contributed by atoms with Crippen LogP contribution in [0, 0.1) is 10.1 Å². The van der Waals surface area contributed by atoms with Crippen molar-refractivity contribution in [2.45, 2.75) is 5.16 Å². The third-order valence-electron chi connectivity index (χ3n) is 3.87. The summed E-state index contributed by atoms with van der Waals surface area (Å²) in [6.45, 7) is 0. The molecule has 0 spiro atoms. The van der Waals surface area contributed by atoms with Gasteiger partial charge in [0.2, 0.25) is 5.16 Å². The van der Waals surface area contributed by atoms with Gasteiger partial charge in [-0.15, -0.1) is 5.10 Å². The van der Waals surface area contributed by atoms with Gasteiger partial charge in [-0.3, -0.25) is 15.2 Å². The number of nitrogens with one attached hydrogen (secondary N) is 1. The van der Waals surface area contributed by atoms with Crippen molar-refractivity contribution < 1.29 is 24.7 Å². The minimum atomic E-state index is -1.33. The van der Waals surface area contributed by atoms with E-state index in [1.165, 1.54) is 7.11 Å². The molecule has 0 aliphatic heterocycles. The molecule has 0 unspecified atom stereocenters. The molecule has 1 heterocycles. The highest BCUT2D eigenvalue weighted by Crippen LogP contribution is 2.37. The fourth-order valence-electron chi connectivity index (χ4n) is 2.47. The summed E-state index contributed by atoms with van der Waals surface area (Å²) in [6, 6.07) is 7.08. The Balaban J connectivity index is 1.97. The number of carboxylic acid groups (broad SMARTS) is 1. The van der Waals surface area contributed by atoms with Crippen molar-refractivity contribution >= 4 is 57.0 Å². The second-order valence-electron chi connectivity index (χ2n) is 5.85. The number of hydrogen-bond acceptors (Lipinski definition) is 8. The molecule has 0 amide bonds. The number of carbonyl (C=O) groups is 1. The topological polar surface area (TPSA) is 151 Å². The Labute approximate surface area is 192 Å². The lowest BCUT2D eigenvalue weighted by Crippen LogP contribution is -1.98. The molecule has 0 aliphatic rings. The number of nitrogens with zero attached hydrogens (tertiary/aromatic N) is 3. The smallest absolute Gasteiger partial charge is 0.342 e. The van der Waals surface area contributed by atoms with Crippen LogP contribution in [0.2, 0.25) is 5.02 Å².